The van der Waals surface area contributed by atoms with E-state index in [0.29, 0.717) is 6.04 Å². The lowest BCUT2D eigenvalue weighted by Crippen LogP contribution is -2.48. The molecule has 1 unspecified atom stereocenters. The van der Waals surface area contributed by atoms with Gasteiger partial charge in [-0.3, -0.25) is 4.90 Å². The summed E-state index contributed by atoms with van der Waals surface area (Å²) in [5.74, 6) is 0. The van der Waals surface area contributed by atoms with Crippen LogP contribution in [-0.4, -0.2) is 31.1 Å². The molecule has 1 fully saturated rings. The van der Waals surface area contributed by atoms with Gasteiger partial charge in [0.2, 0.25) is 0 Å². The van der Waals surface area contributed by atoms with E-state index in [2.05, 4.69) is 22.3 Å². The molecule has 0 amide bonds. The van der Waals surface area contributed by atoms with E-state index in [9.17, 15) is 0 Å². The number of fused-ring (bicyclic) bond motifs is 3. The van der Waals surface area contributed by atoms with Gasteiger partial charge in [-0.25, -0.2) is 0 Å². The van der Waals surface area contributed by atoms with E-state index in [1.54, 1.807) is 0 Å². The molecule has 1 atom stereocenters. The molecule has 2 aliphatic rings. The SMILES string of the molecule is Clc1ccc2c(c1)CCN1CCNCC21. The Bertz CT molecular complexity index is 378. The fraction of sp³-hybridized carbons (Fsp3) is 0.500. The normalized spacial score (nSPS) is 25.8. The predicted octanol–water partition coefficient (Wildman–Crippen LogP) is 1.84. The number of nitrogens with one attached hydrogen (secondary N) is 1. The lowest BCUT2D eigenvalue weighted by Gasteiger charge is -2.40. The summed E-state index contributed by atoms with van der Waals surface area (Å²) in [7, 11) is 0. The van der Waals surface area contributed by atoms with Crippen LogP contribution >= 0.6 is 11.6 Å². The topological polar surface area (TPSA) is 15.3 Å². The average molecular weight is 223 g/mol. The molecule has 15 heavy (non-hydrogen) atoms. The molecule has 0 bridgehead atoms. The molecule has 2 heterocycles. The molecule has 1 saturated heterocycles. The van der Waals surface area contributed by atoms with Crippen LogP contribution in [-0.2, 0) is 6.42 Å². The molecule has 2 nitrogen and oxygen atoms in total. The first-order valence-electron chi connectivity index (χ1n) is 5.58. The molecular formula is C12H15ClN2. The Balaban J connectivity index is 1.99. The number of rotatable bonds is 0. The maximum absolute atomic E-state index is 6.02. The van der Waals surface area contributed by atoms with Gasteiger partial charge in [0.25, 0.3) is 0 Å². The van der Waals surface area contributed by atoms with Gasteiger partial charge in [-0.15, -0.1) is 0 Å². The van der Waals surface area contributed by atoms with Crippen molar-refractivity contribution in [1.82, 2.24) is 10.2 Å². The van der Waals surface area contributed by atoms with E-state index < -0.39 is 0 Å². The Labute approximate surface area is 95.2 Å². The maximum atomic E-state index is 6.02. The predicted molar refractivity (Wildman–Crippen MR) is 62.3 cm³/mol. The van der Waals surface area contributed by atoms with E-state index >= 15 is 0 Å². The summed E-state index contributed by atoms with van der Waals surface area (Å²) in [6.45, 7) is 4.56. The largest absolute Gasteiger partial charge is 0.314 e. The molecule has 0 spiro atoms. The van der Waals surface area contributed by atoms with Crippen LogP contribution in [0.1, 0.15) is 17.2 Å². The molecule has 1 aromatic rings. The summed E-state index contributed by atoms with van der Waals surface area (Å²) in [6, 6.07) is 6.91. The Kier molecular flexibility index (Phi) is 2.43. The minimum Gasteiger partial charge on any atom is -0.314 e. The van der Waals surface area contributed by atoms with Gasteiger partial charge >= 0.3 is 0 Å². The lowest BCUT2D eigenvalue weighted by molar-refractivity contribution is 0.152. The van der Waals surface area contributed by atoms with Crippen molar-refractivity contribution in [3.05, 3.63) is 34.3 Å². The fourth-order valence-corrected chi connectivity index (χ4v) is 2.90. The van der Waals surface area contributed by atoms with Crippen molar-refractivity contribution < 1.29 is 0 Å². The van der Waals surface area contributed by atoms with E-state index in [-0.39, 0.29) is 0 Å². The molecule has 0 aromatic heterocycles. The van der Waals surface area contributed by atoms with Crippen molar-refractivity contribution in [2.45, 2.75) is 12.5 Å². The highest BCUT2D eigenvalue weighted by Gasteiger charge is 2.28. The zero-order valence-electron chi connectivity index (χ0n) is 8.67. The van der Waals surface area contributed by atoms with Crippen LogP contribution in [0.4, 0.5) is 0 Å². The van der Waals surface area contributed by atoms with Gasteiger partial charge < -0.3 is 5.32 Å². The standard InChI is InChI=1S/C12H15ClN2/c13-10-1-2-11-9(7-10)3-5-15-6-4-14-8-12(11)15/h1-2,7,12,14H,3-6,8H2. The lowest BCUT2D eigenvalue weighted by atomic mass is 9.91. The monoisotopic (exact) mass is 222 g/mol. The summed E-state index contributed by atoms with van der Waals surface area (Å²) in [5.41, 5.74) is 2.91. The van der Waals surface area contributed by atoms with Crippen LogP contribution in [0.25, 0.3) is 0 Å². The van der Waals surface area contributed by atoms with Gasteiger partial charge in [0.05, 0.1) is 0 Å². The van der Waals surface area contributed by atoms with Crippen molar-refractivity contribution in [2.24, 2.45) is 0 Å². The fourth-order valence-electron chi connectivity index (χ4n) is 2.70. The van der Waals surface area contributed by atoms with Gasteiger partial charge in [-0.2, -0.15) is 0 Å². The van der Waals surface area contributed by atoms with Crippen molar-refractivity contribution in [1.29, 1.82) is 0 Å². The van der Waals surface area contributed by atoms with E-state index in [1.165, 1.54) is 24.2 Å². The summed E-state index contributed by atoms with van der Waals surface area (Å²) in [6.07, 6.45) is 1.15. The minimum absolute atomic E-state index is 0.569. The maximum Gasteiger partial charge on any atom is 0.0476 e. The van der Waals surface area contributed by atoms with Crippen LogP contribution in [0.2, 0.25) is 5.02 Å². The van der Waals surface area contributed by atoms with Crippen LogP contribution in [0.3, 0.4) is 0 Å². The van der Waals surface area contributed by atoms with Crippen LogP contribution < -0.4 is 5.32 Å². The summed E-state index contributed by atoms with van der Waals surface area (Å²) in [4.78, 5) is 2.58. The third kappa shape index (κ3) is 1.67. The van der Waals surface area contributed by atoms with E-state index in [1.807, 2.05) is 6.07 Å². The van der Waals surface area contributed by atoms with Crippen LogP contribution in [0.5, 0.6) is 0 Å². The second-order valence-electron chi connectivity index (χ2n) is 4.35. The zero-order chi connectivity index (χ0) is 10.3. The third-order valence-corrected chi connectivity index (χ3v) is 3.72. The first-order chi connectivity index (χ1) is 7.34. The molecule has 3 heteroatoms. The molecule has 0 aliphatic carbocycles. The second-order valence-corrected chi connectivity index (χ2v) is 4.79. The van der Waals surface area contributed by atoms with Gasteiger partial charge in [-0.05, 0) is 29.7 Å². The molecule has 0 saturated carbocycles. The highest BCUT2D eigenvalue weighted by atomic mass is 35.5. The Morgan fingerprint density at radius 2 is 2.27 bits per heavy atom. The van der Waals surface area contributed by atoms with Crippen LogP contribution in [0, 0.1) is 0 Å². The molecule has 80 valence electrons. The summed E-state index contributed by atoms with van der Waals surface area (Å²) < 4.78 is 0. The van der Waals surface area contributed by atoms with E-state index in [4.69, 9.17) is 11.6 Å². The highest BCUT2D eigenvalue weighted by molar-refractivity contribution is 6.30. The number of hydrogen-bond donors (Lipinski definition) is 1. The molecule has 1 aromatic carbocycles. The minimum atomic E-state index is 0.569. The van der Waals surface area contributed by atoms with Crippen molar-refractivity contribution in [2.75, 3.05) is 26.2 Å². The van der Waals surface area contributed by atoms with Crippen LogP contribution in [0.15, 0.2) is 18.2 Å². The second kappa shape index (κ2) is 3.78. The number of piperazine rings is 1. The molecule has 3 rings (SSSR count). The van der Waals surface area contributed by atoms with Crippen molar-refractivity contribution in [3.63, 3.8) is 0 Å². The number of hydrogen-bond acceptors (Lipinski definition) is 2. The summed E-state index contributed by atoms with van der Waals surface area (Å²) >= 11 is 6.02. The third-order valence-electron chi connectivity index (χ3n) is 3.49. The van der Waals surface area contributed by atoms with E-state index in [0.717, 1.165) is 24.5 Å². The molecular weight excluding hydrogens is 208 g/mol. The van der Waals surface area contributed by atoms with Gasteiger partial charge in [0.15, 0.2) is 0 Å². The van der Waals surface area contributed by atoms with Crippen molar-refractivity contribution >= 4 is 11.6 Å². The molecule has 2 aliphatic heterocycles. The first-order valence-corrected chi connectivity index (χ1v) is 5.95. The van der Waals surface area contributed by atoms with Gasteiger partial charge in [0.1, 0.15) is 0 Å². The molecule has 0 radical (unpaired) electrons. The smallest absolute Gasteiger partial charge is 0.0476 e. The Morgan fingerprint density at radius 3 is 3.20 bits per heavy atom. The number of nitrogens with zero attached hydrogens (tertiary/aromatic N) is 1. The summed E-state index contributed by atoms with van der Waals surface area (Å²) in [5, 5.41) is 4.33. The number of benzene rings is 1. The molecule has 1 N–H and O–H groups in total. The highest BCUT2D eigenvalue weighted by Crippen LogP contribution is 2.31. The number of halogens is 1. The quantitative estimate of drug-likeness (QED) is 0.721. The first kappa shape index (κ1) is 9.64. The zero-order valence-corrected chi connectivity index (χ0v) is 9.43. The van der Waals surface area contributed by atoms with Gasteiger partial charge in [-0.1, -0.05) is 17.7 Å². The van der Waals surface area contributed by atoms with Crippen molar-refractivity contribution in [3.8, 4) is 0 Å². The Morgan fingerprint density at radius 1 is 1.33 bits per heavy atom. The Hall–Kier alpha value is -0.570. The van der Waals surface area contributed by atoms with Gasteiger partial charge in [0, 0.05) is 37.2 Å². The average Bonchev–Trinajstić information content (AvgIpc) is 2.28.